The van der Waals surface area contributed by atoms with Crippen molar-refractivity contribution in [1.82, 2.24) is 4.90 Å². The summed E-state index contributed by atoms with van der Waals surface area (Å²) in [5, 5.41) is 0. The molecule has 136 valence electrons. The summed E-state index contributed by atoms with van der Waals surface area (Å²) in [6.45, 7) is 12.4. The summed E-state index contributed by atoms with van der Waals surface area (Å²) in [5.74, 6) is -1.74. The highest BCUT2D eigenvalue weighted by atomic mass is 28.3. The van der Waals surface area contributed by atoms with Crippen molar-refractivity contribution in [2.45, 2.75) is 71.4 Å². The Morgan fingerprint density at radius 3 is 1.88 bits per heavy atom. The Balaban J connectivity index is 3.30. The maximum Gasteiger partial charge on any atom is 0.240 e. The van der Waals surface area contributed by atoms with Crippen molar-refractivity contribution in [2.75, 3.05) is 0 Å². The molecule has 0 aliphatic heterocycles. The van der Waals surface area contributed by atoms with Gasteiger partial charge in [-0.05, 0) is 39.7 Å². The number of carbonyl (C=O) groups excluding carboxylic acids is 1. The second-order valence-electron chi connectivity index (χ2n) is 8.05. The summed E-state index contributed by atoms with van der Waals surface area (Å²) in [6, 6.07) is 8.93. The van der Waals surface area contributed by atoms with Crippen molar-refractivity contribution in [1.29, 1.82) is 0 Å². The van der Waals surface area contributed by atoms with Crippen LogP contribution in [0.4, 0.5) is 8.78 Å². The van der Waals surface area contributed by atoms with Crippen LogP contribution in [-0.4, -0.2) is 36.5 Å². The molecule has 0 heterocycles. The molecule has 1 atom stereocenters. The van der Waals surface area contributed by atoms with Crippen LogP contribution < -0.4 is 0 Å². The second-order valence-corrected chi connectivity index (χ2v) is 13.2. The maximum atomic E-state index is 15.2. The standard InChI is InChI=1S/C19H31F2NOSi/c1-14(2)22(15(3)4)18(23)17(19(20,21)24(5,6)7)13-16-11-9-8-10-12-16/h8-12,14-15,17H,13H2,1-7H3. The van der Waals surface area contributed by atoms with Gasteiger partial charge in [-0.25, -0.2) is 8.78 Å². The topological polar surface area (TPSA) is 20.3 Å². The molecule has 0 aliphatic carbocycles. The average Bonchev–Trinajstić information content (AvgIpc) is 2.43. The Morgan fingerprint density at radius 2 is 1.50 bits per heavy atom. The van der Waals surface area contributed by atoms with E-state index in [2.05, 4.69) is 0 Å². The first-order valence-electron chi connectivity index (χ1n) is 8.63. The quantitative estimate of drug-likeness (QED) is 0.630. The van der Waals surface area contributed by atoms with E-state index in [-0.39, 0.29) is 18.5 Å². The van der Waals surface area contributed by atoms with Crippen LogP contribution in [0.1, 0.15) is 33.3 Å². The lowest BCUT2D eigenvalue weighted by molar-refractivity contribution is -0.147. The van der Waals surface area contributed by atoms with E-state index in [9.17, 15) is 4.79 Å². The Morgan fingerprint density at radius 1 is 1.04 bits per heavy atom. The smallest absolute Gasteiger partial charge is 0.240 e. The third-order valence-electron chi connectivity index (χ3n) is 4.39. The molecule has 1 aromatic rings. The molecule has 0 spiro atoms. The maximum absolute atomic E-state index is 15.2. The van der Waals surface area contributed by atoms with Gasteiger partial charge in [0.05, 0.1) is 0 Å². The number of nitrogens with zero attached hydrogens (tertiary/aromatic N) is 1. The highest BCUT2D eigenvalue weighted by molar-refractivity contribution is 6.78. The Bertz CT molecular complexity index is 530. The number of carbonyl (C=O) groups is 1. The zero-order valence-electron chi connectivity index (χ0n) is 15.9. The number of alkyl halides is 2. The normalized spacial score (nSPS) is 14.1. The first-order chi connectivity index (χ1) is 10.9. The number of hydrogen-bond acceptors (Lipinski definition) is 1. The molecule has 5 heteroatoms. The fourth-order valence-electron chi connectivity index (χ4n) is 3.03. The third-order valence-corrected chi connectivity index (χ3v) is 6.73. The van der Waals surface area contributed by atoms with E-state index >= 15 is 8.78 Å². The predicted octanol–water partition coefficient (Wildman–Crippen LogP) is 5.00. The molecule has 0 bridgehead atoms. The molecular formula is C19H31F2NOSi. The van der Waals surface area contributed by atoms with E-state index in [4.69, 9.17) is 0 Å². The SMILES string of the molecule is CC(C)N(C(=O)C(Cc1ccccc1)C(F)(F)[Si](C)(C)C)C(C)C. The van der Waals surface area contributed by atoms with Crippen molar-refractivity contribution < 1.29 is 13.6 Å². The fraction of sp³-hybridized carbons (Fsp3) is 0.632. The van der Waals surface area contributed by atoms with E-state index in [0.29, 0.717) is 0 Å². The van der Waals surface area contributed by atoms with Crippen LogP contribution in [0.25, 0.3) is 0 Å². The van der Waals surface area contributed by atoms with Gasteiger partial charge in [-0.2, -0.15) is 0 Å². The minimum atomic E-state index is -2.97. The first kappa shape index (κ1) is 20.8. The number of hydrogen-bond donors (Lipinski definition) is 0. The van der Waals surface area contributed by atoms with Crippen molar-refractivity contribution in [3.8, 4) is 0 Å². The van der Waals surface area contributed by atoms with Crippen molar-refractivity contribution in [3.63, 3.8) is 0 Å². The van der Waals surface area contributed by atoms with Crippen molar-refractivity contribution in [3.05, 3.63) is 35.9 Å². The van der Waals surface area contributed by atoms with Crippen LogP contribution in [0.5, 0.6) is 0 Å². The summed E-state index contributed by atoms with van der Waals surface area (Å²) in [4.78, 5) is 14.7. The number of halogens is 2. The Kier molecular flexibility index (Phi) is 6.73. The molecule has 0 fully saturated rings. The molecule has 2 nitrogen and oxygen atoms in total. The van der Waals surface area contributed by atoms with Gasteiger partial charge in [-0.3, -0.25) is 4.79 Å². The van der Waals surface area contributed by atoms with Gasteiger partial charge in [-0.1, -0.05) is 50.0 Å². The van der Waals surface area contributed by atoms with Gasteiger partial charge in [0.25, 0.3) is 0 Å². The molecule has 0 radical (unpaired) electrons. The number of amides is 1. The highest BCUT2D eigenvalue weighted by Crippen LogP contribution is 2.38. The fourth-order valence-corrected chi connectivity index (χ4v) is 4.30. The molecule has 1 rings (SSSR count). The Labute approximate surface area is 146 Å². The van der Waals surface area contributed by atoms with Crippen molar-refractivity contribution in [2.24, 2.45) is 5.92 Å². The predicted molar refractivity (Wildman–Crippen MR) is 99.0 cm³/mol. The highest BCUT2D eigenvalue weighted by Gasteiger charge is 2.55. The summed E-state index contributed by atoms with van der Waals surface area (Å²) in [6.07, 6.45) is 0.0763. The minimum absolute atomic E-state index is 0.0763. The lowest BCUT2D eigenvalue weighted by Crippen LogP contribution is -2.58. The summed E-state index contributed by atoms with van der Waals surface area (Å²) < 4.78 is 30.5. The van der Waals surface area contributed by atoms with Crippen LogP contribution in [0.2, 0.25) is 19.6 Å². The number of rotatable bonds is 7. The average molecular weight is 356 g/mol. The van der Waals surface area contributed by atoms with E-state index in [1.807, 2.05) is 58.0 Å². The molecule has 0 aromatic heterocycles. The minimum Gasteiger partial charge on any atom is -0.337 e. The van der Waals surface area contributed by atoms with Crippen LogP contribution in [0.15, 0.2) is 30.3 Å². The molecular weight excluding hydrogens is 324 g/mol. The van der Waals surface area contributed by atoms with Crippen molar-refractivity contribution >= 4 is 14.0 Å². The van der Waals surface area contributed by atoms with Gasteiger partial charge in [-0.15, -0.1) is 0 Å². The van der Waals surface area contributed by atoms with E-state index in [1.54, 1.807) is 24.5 Å². The lowest BCUT2D eigenvalue weighted by Gasteiger charge is -2.40. The lowest BCUT2D eigenvalue weighted by atomic mass is 9.96. The molecule has 1 unspecified atom stereocenters. The molecule has 24 heavy (non-hydrogen) atoms. The number of benzene rings is 1. The monoisotopic (exact) mass is 355 g/mol. The van der Waals surface area contributed by atoms with Crippen LogP contribution >= 0.6 is 0 Å². The van der Waals surface area contributed by atoms with E-state index in [1.165, 1.54) is 0 Å². The zero-order chi connectivity index (χ0) is 18.7. The molecule has 0 saturated heterocycles. The zero-order valence-corrected chi connectivity index (χ0v) is 16.9. The van der Waals surface area contributed by atoms with Gasteiger partial charge in [0.15, 0.2) is 0 Å². The largest absolute Gasteiger partial charge is 0.337 e. The van der Waals surface area contributed by atoms with Gasteiger partial charge in [0.2, 0.25) is 11.5 Å². The van der Waals surface area contributed by atoms with Crippen LogP contribution in [0.3, 0.4) is 0 Å². The van der Waals surface area contributed by atoms with E-state index < -0.39 is 25.4 Å². The summed E-state index contributed by atoms with van der Waals surface area (Å²) >= 11 is 0. The second kappa shape index (κ2) is 7.77. The molecule has 0 N–H and O–H groups in total. The molecule has 1 aromatic carbocycles. The van der Waals surface area contributed by atoms with E-state index in [0.717, 1.165) is 5.56 Å². The summed E-state index contributed by atoms with van der Waals surface area (Å²) in [5.41, 5.74) is -2.19. The van der Waals surface area contributed by atoms with Gasteiger partial charge in [0.1, 0.15) is 14.0 Å². The van der Waals surface area contributed by atoms with Crippen LogP contribution in [0, 0.1) is 5.92 Å². The van der Waals surface area contributed by atoms with Crippen LogP contribution in [-0.2, 0) is 11.2 Å². The molecule has 0 saturated carbocycles. The van der Waals surface area contributed by atoms with Gasteiger partial charge in [0, 0.05) is 12.1 Å². The summed E-state index contributed by atoms with van der Waals surface area (Å²) in [7, 11) is -2.86. The molecule has 0 aliphatic rings. The van der Waals surface area contributed by atoms with Gasteiger partial charge >= 0.3 is 0 Å². The third kappa shape index (κ3) is 4.65. The molecule has 1 amide bonds. The first-order valence-corrected chi connectivity index (χ1v) is 12.1. The van der Waals surface area contributed by atoms with Gasteiger partial charge < -0.3 is 4.90 Å². The Hall–Kier alpha value is -1.23.